The summed E-state index contributed by atoms with van der Waals surface area (Å²) in [7, 11) is 5.03. The fourth-order valence-electron chi connectivity index (χ4n) is 4.09. The molecule has 5 heteroatoms. The van der Waals surface area contributed by atoms with E-state index in [1.165, 1.54) is 16.7 Å². The first-order valence-corrected chi connectivity index (χ1v) is 9.71. The predicted molar refractivity (Wildman–Crippen MR) is 113 cm³/mol. The van der Waals surface area contributed by atoms with Crippen LogP contribution >= 0.6 is 0 Å². The molecule has 0 spiro atoms. The number of aromatic nitrogens is 1. The topological polar surface area (TPSA) is 52.6 Å². The maximum atomic E-state index is 5.57. The van der Waals surface area contributed by atoms with Crippen molar-refractivity contribution >= 4 is 0 Å². The van der Waals surface area contributed by atoms with Crippen molar-refractivity contribution in [2.45, 2.75) is 25.4 Å². The lowest BCUT2D eigenvalue weighted by Crippen LogP contribution is -2.35. The Morgan fingerprint density at radius 3 is 2.45 bits per heavy atom. The van der Waals surface area contributed by atoms with E-state index >= 15 is 0 Å². The smallest absolute Gasteiger partial charge is 0.161 e. The van der Waals surface area contributed by atoms with Crippen LogP contribution in [0.2, 0.25) is 0 Å². The quantitative estimate of drug-likeness (QED) is 0.700. The van der Waals surface area contributed by atoms with E-state index in [0.29, 0.717) is 0 Å². The number of benzene rings is 2. The standard InChI is InChI=1S/C24H26N2O3/c1-15-7-6-10-25-23(15)20-12-17-13-21(28-3)22(29-4)14-19(17)24(26-20)16-8-5-9-18(11-16)27-2/h5-11,13-14,20,24,26H,12H2,1-4H3/t20-,24-/m0/s1. The third-order valence-electron chi connectivity index (χ3n) is 5.56. The highest BCUT2D eigenvalue weighted by atomic mass is 16.5. The van der Waals surface area contributed by atoms with Gasteiger partial charge in [0.1, 0.15) is 5.75 Å². The first kappa shape index (κ1) is 19.3. The summed E-state index contributed by atoms with van der Waals surface area (Å²) >= 11 is 0. The third kappa shape index (κ3) is 3.66. The Bertz CT molecular complexity index is 1020. The number of hydrogen-bond donors (Lipinski definition) is 1. The van der Waals surface area contributed by atoms with E-state index in [9.17, 15) is 0 Å². The largest absolute Gasteiger partial charge is 0.497 e. The second-order valence-corrected chi connectivity index (χ2v) is 7.24. The molecule has 0 radical (unpaired) electrons. The van der Waals surface area contributed by atoms with Crippen molar-refractivity contribution in [1.82, 2.24) is 10.3 Å². The molecule has 0 saturated carbocycles. The molecule has 5 nitrogen and oxygen atoms in total. The molecule has 29 heavy (non-hydrogen) atoms. The van der Waals surface area contributed by atoms with E-state index in [-0.39, 0.29) is 12.1 Å². The maximum absolute atomic E-state index is 5.57. The molecule has 1 aliphatic rings. The van der Waals surface area contributed by atoms with Crippen LogP contribution in [0.4, 0.5) is 0 Å². The van der Waals surface area contributed by atoms with Crippen LogP contribution in [0.5, 0.6) is 17.2 Å². The van der Waals surface area contributed by atoms with Crippen molar-refractivity contribution in [3.05, 3.63) is 82.7 Å². The third-order valence-corrected chi connectivity index (χ3v) is 5.56. The Kier molecular flexibility index (Phi) is 5.41. The van der Waals surface area contributed by atoms with Gasteiger partial charge in [-0.3, -0.25) is 10.3 Å². The molecule has 1 aromatic heterocycles. The van der Waals surface area contributed by atoms with Crippen molar-refractivity contribution in [3.8, 4) is 17.2 Å². The van der Waals surface area contributed by atoms with Crippen LogP contribution in [0, 0.1) is 6.92 Å². The summed E-state index contributed by atoms with van der Waals surface area (Å²) in [5.41, 5.74) is 5.79. The van der Waals surface area contributed by atoms with Gasteiger partial charge < -0.3 is 14.2 Å². The molecular formula is C24H26N2O3. The van der Waals surface area contributed by atoms with Crippen molar-refractivity contribution in [3.63, 3.8) is 0 Å². The highest BCUT2D eigenvalue weighted by Crippen LogP contribution is 2.41. The Balaban J connectivity index is 1.85. The van der Waals surface area contributed by atoms with Crippen LogP contribution in [-0.2, 0) is 6.42 Å². The van der Waals surface area contributed by atoms with E-state index in [1.807, 2.05) is 24.4 Å². The van der Waals surface area contributed by atoms with E-state index in [1.54, 1.807) is 21.3 Å². The minimum Gasteiger partial charge on any atom is -0.497 e. The summed E-state index contributed by atoms with van der Waals surface area (Å²) in [4.78, 5) is 4.67. The van der Waals surface area contributed by atoms with Crippen molar-refractivity contribution < 1.29 is 14.2 Å². The number of nitrogens with one attached hydrogen (secondary N) is 1. The van der Waals surface area contributed by atoms with Gasteiger partial charge in [-0.15, -0.1) is 0 Å². The van der Waals surface area contributed by atoms with Crippen LogP contribution in [0.3, 0.4) is 0 Å². The highest BCUT2D eigenvalue weighted by Gasteiger charge is 2.31. The molecule has 150 valence electrons. The maximum Gasteiger partial charge on any atom is 0.161 e. The van der Waals surface area contributed by atoms with Gasteiger partial charge in [0.05, 0.1) is 39.1 Å². The molecule has 0 bridgehead atoms. The Labute approximate surface area is 171 Å². The van der Waals surface area contributed by atoms with Crippen LogP contribution in [0.15, 0.2) is 54.7 Å². The Morgan fingerprint density at radius 2 is 1.72 bits per heavy atom. The Morgan fingerprint density at radius 1 is 0.931 bits per heavy atom. The van der Waals surface area contributed by atoms with Crippen LogP contribution in [-0.4, -0.2) is 26.3 Å². The summed E-state index contributed by atoms with van der Waals surface area (Å²) in [5.74, 6) is 2.31. The SMILES string of the molecule is COc1cccc([C@@H]2N[C@H](c3ncccc3C)Cc3cc(OC)c(OC)cc32)c1. The number of ether oxygens (including phenoxy) is 3. The number of fused-ring (bicyclic) bond motifs is 1. The van der Waals surface area contributed by atoms with Gasteiger partial charge in [0.2, 0.25) is 0 Å². The zero-order chi connectivity index (χ0) is 20.4. The van der Waals surface area contributed by atoms with Crippen LogP contribution in [0.25, 0.3) is 0 Å². The number of hydrogen-bond acceptors (Lipinski definition) is 5. The van der Waals surface area contributed by atoms with E-state index < -0.39 is 0 Å². The van der Waals surface area contributed by atoms with Gasteiger partial charge in [-0.25, -0.2) is 0 Å². The zero-order valence-electron chi connectivity index (χ0n) is 17.2. The molecule has 4 rings (SSSR count). The van der Waals surface area contributed by atoms with Crippen molar-refractivity contribution in [1.29, 1.82) is 0 Å². The van der Waals surface area contributed by atoms with E-state index in [4.69, 9.17) is 14.2 Å². The molecule has 0 amide bonds. The summed E-state index contributed by atoms with van der Waals surface area (Å²) in [5, 5.41) is 3.81. The number of rotatable bonds is 5. The van der Waals surface area contributed by atoms with Gasteiger partial charge >= 0.3 is 0 Å². The van der Waals surface area contributed by atoms with E-state index in [2.05, 4.69) is 47.6 Å². The lowest BCUT2D eigenvalue weighted by molar-refractivity contribution is 0.350. The monoisotopic (exact) mass is 390 g/mol. The van der Waals surface area contributed by atoms with Gasteiger partial charge in [0.25, 0.3) is 0 Å². The molecule has 3 aromatic rings. The molecule has 1 N–H and O–H groups in total. The fourth-order valence-corrected chi connectivity index (χ4v) is 4.09. The number of pyridine rings is 1. The van der Waals surface area contributed by atoms with Crippen molar-refractivity contribution in [2.24, 2.45) is 0 Å². The minimum absolute atomic E-state index is 0.0138. The molecule has 2 heterocycles. The minimum atomic E-state index is -0.0138. The van der Waals surface area contributed by atoms with Crippen molar-refractivity contribution in [2.75, 3.05) is 21.3 Å². The normalized spacial score (nSPS) is 18.1. The second kappa shape index (κ2) is 8.13. The zero-order valence-corrected chi connectivity index (χ0v) is 17.2. The van der Waals surface area contributed by atoms with Gasteiger partial charge in [0.15, 0.2) is 11.5 Å². The molecule has 0 fully saturated rings. The van der Waals surface area contributed by atoms with Gasteiger partial charge in [-0.05, 0) is 65.9 Å². The molecule has 0 saturated heterocycles. The van der Waals surface area contributed by atoms with E-state index in [0.717, 1.165) is 34.9 Å². The molecule has 2 aromatic carbocycles. The molecule has 0 aliphatic carbocycles. The fraction of sp³-hybridized carbons (Fsp3) is 0.292. The summed E-state index contributed by atoms with van der Waals surface area (Å²) in [6.07, 6.45) is 2.68. The summed E-state index contributed by atoms with van der Waals surface area (Å²) in [6, 6.07) is 16.5. The molecular weight excluding hydrogens is 364 g/mol. The number of aryl methyl sites for hydroxylation is 1. The Hall–Kier alpha value is -3.05. The average molecular weight is 390 g/mol. The first-order chi connectivity index (χ1) is 14.1. The number of methoxy groups -OCH3 is 3. The number of nitrogens with zero attached hydrogens (tertiary/aromatic N) is 1. The summed E-state index contributed by atoms with van der Waals surface area (Å²) in [6.45, 7) is 2.11. The lowest BCUT2D eigenvalue weighted by atomic mass is 9.84. The van der Waals surface area contributed by atoms with Gasteiger partial charge in [-0.1, -0.05) is 18.2 Å². The van der Waals surface area contributed by atoms with Gasteiger partial charge in [0, 0.05) is 6.20 Å². The highest BCUT2D eigenvalue weighted by molar-refractivity contribution is 5.53. The molecule has 0 unspecified atom stereocenters. The predicted octanol–water partition coefficient (Wildman–Crippen LogP) is 4.39. The average Bonchev–Trinajstić information content (AvgIpc) is 2.77. The van der Waals surface area contributed by atoms with Gasteiger partial charge in [-0.2, -0.15) is 0 Å². The van der Waals surface area contributed by atoms with Crippen LogP contribution in [0.1, 0.15) is 40.0 Å². The summed E-state index contributed by atoms with van der Waals surface area (Å²) < 4.78 is 16.6. The lowest BCUT2D eigenvalue weighted by Gasteiger charge is -2.34. The molecule has 2 atom stereocenters. The first-order valence-electron chi connectivity index (χ1n) is 9.71. The van der Waals surface area contributed by atoms with Crippen LogP contribution < -0.4 is 19.5 Å². The molecule has 1 aliphatic heterocycles. The second-order valence-electron chi connectivity index (χ2n) is 7.24.